The van der Waals surface area contributed by atoms with Gasteiger partial charge in [0.1, 0.15) is 11.9 Å². The summed E-state index contributed by atoms with van der Waals surface area (Å²) < 4.78 is 6.24. The van der Waals surface area contributed by atoms with Gasteiger partial charge in [-0.2, -0.15) is 0 Å². The highest BCUT2D eigenvalue weighted by molar-refractivity contribution is 6.32. The van der Waals surface area contributed by atoms with Crippen molar-refractivity contribution in [1.82, 2.24) is 4.90 Å². The molecule has 2 nitrogen and oxygen atoms in total. The average Bonchev–Trinajstić information content (AvgIpc) is 2.52. The Hall–Kier alpha value is -1.22. The molecule has 118 valence electrons. The van der Waals surface area contributed by atoms with Gasteiger partial charge in [0.25, 0.3) is 0 Å². The summed E-state index contributed by atoms with van der Waals surface area (Å²) >= 11 is 6.23. The number of hydrogen-bond donors (Lipinski definition) is 0. The molecule has 0 aliphatic carbocycles. The summed E-state index contributed by atoms with van der Waals surface area (Å²) in [5.41, 5.74) is 1.33. The van der Waals surface area contributed by atoms with Crippen LogP contribution in [0.2, 0.25) is 5.02 Å². The van der Waals surface area contributed by atoms with Crippen LogP contribution in [-0.4, -0.2) is 31.1 Å². The first-order valence-corrected chi connectivity index (χ1v) is 7.76. The number of para-hydroxylation sites is 1. The molecule has 0 radical (unpaired) electrons. The van der Waals surface area contributed by atoms with Crippen molar-refractivity contribution in [3.63, 3.8) is 0 Å². The number of likely N-dealkylation sites (tertiary alicyclic amines) is 1. The third kappa shape index (κ3) is 3.95. The molecule has 1 aliphatic rings. The standard InChI is InChI=1S/C18H20ClNO.ClH/c1-20-12-11-17(21-18-10-6-5-9-16(18)19)15(13-20)14-7-3-2-4-8-14;/h2-10,15,17H,11-13H2,1H3;1H/t15-,17+;/m0./s1. The van der Waals surface area contributed by atoms with Gasteiger partial charge in [-0.15, -0.1) is 12.4 Å². The van der Waals surface area contributed by atoms with Crippen LogP contribution in [0.5, 0.6) is 5.75 Å². The molecule has 0 N–H and O–H groups in total. The number of nitrogens with zero attached hydrogens (tertiary/aromatic N) is 1. The molecular weight excluding hydrogens is 317 g/mol. The molecule has 0 saturated carbocycles. The number of piperidine rings is 1. The van der Waals surface area contributed by atoms with Crippen molar-refractivity contribution in [3.8, 4) is 5.75 Å². The van der Waals surface area contributed by atoms with Crippen molar-refractivity contribution in [2.75, 3.05) is 20.1 Å². The van der Waals surface area contributed by atoms with E-state index in [2.05, 4.69) is 42.3 Å². The minimum atomic E-state index is 0. The predicted octanol–water partition coefficient (Wildman–Crippen LogP) is 4.63. The summed E-state index contributed by atoms with van der Waals surface area (Å²) in [6.45, 7) is 2.07. The van der Waals surface area contributed by atoms with Crippen molar-refractivity contribution >= 4 is 24.0 Å². The van der Waals surface area contributed by atoms with Crippen LogP contribution >= 0.6 is 24.0 Å². The third-order valence-corrected chi connectivity index (χ3v) is 4.41. The van der Waals surface area contributed by atoms with Crippen molar-refractivity contribution in [3.05, 3.63) is 65.2 Å². The minimum absolute atomic E-state index is 0. The van der Waals surface area contributed by atoms with Gasteiger partial charge in [-0.3, -0.25) is 0 Å². The lowest BCUT2D eigenvalue weighted by Gasteiger charge is -2.37. The first-order chi connectivity index (χ1) is 10.2. The SMILES string of the molecule is CN1CC[C@@H](Oc2ccccc2Cl)[C@H](c2ccccc2)C1.Cl. The van der Waals surface area contributed by atoms with Gasteiger partial charge in [0.2, 0.25) is 0 Å². The monoisotopic (exact) mass is 337 g/mol. The maximum atomic E-state index is 6.24. The zero-order valence-electron chi connectivity index (χ0n) is 12.6. The molecule has 1 saturated heterocycles. The van der Waals surface area contributed by atoms with Gasteiger partial charge in [-0.25, -0.2) is 0 Å². The zero-order chi connectivity index (χ0) is 14.7. The largest absolute Gasteiger partial charge is 0.488 e. The molecular formula is C18H21Cl2NO. The molecule has 0 unspecified atom stereocenters. The Morgan fingerprint density at radius 2 is 1.73 bits per heavy atom. The van der Waals surface area contributed by atoms with E-state index < -0.39 is 0 Å². The summed E-state index contributed by atoms with van der Waals surface area (Å²) in [7, 11) is 2.17. The Bertz CT molecular complexity index is 591. The lowest BCUT2D eigenvalue weighted by atomic mass is 9.88. The summed E-state index contributed by atoms with van der Waals surface area (Å²) in [5.74, 6) is 1.16. The average molecular weight is 338 g/mol. The Kier molecular flexibility index (Phi) is 6.13. The van der Waals surface area contributed by atoms with Gasteiger partial charge in [0.05, 0.1) is 5.02 Å². The number of benzene rings is 2. The van der Waals surface area contributed by atoms with Crippen molar-refractivity contribution < 1.29 is 4.74 Å². The van der Waals surface area contributed by atoms with Crippen LogP contribution in [0.1, 0.15) is 17.9 Å². The number of ether oxygens (including phenoxy) is 1. The molecule has 2 aromatic rings. The molecule has 0 bridgehead atoms. The van der Waals surface area contributed by atoms with Crippen molar-refractivity contribution in [2.45, 2.75) is 18.4 Å². The molecule has 22 heavy (non-hydrogen) atoms. The second-order valence-corrected chi connectivity index (χ2v) is 6.06. The van der Waals surface area contributed by atoms with Gasteiger partial charge in [-0.1, -0.05) is 54.1 Å². The van der Waals surface area contributed by atoms with E-state index >= 15 is 0 Å². The predicted molar refractivity (Wildman–Crippen MR) is 94.4 cm³/mol. The summed E-state index contributed by atoms with van der Waals surface area (Å²) in [6, 6.07) is 18.3. The second-order valence-electron chi connectivity index (χ2n) is 5.65. The fourth-order valence-corrected chi connectivity index (χ4v) is 3.14. The van der Waals surface area contributed by atoms with E-state index in [0.717, 1.165) is 25.3 Å². The van der Waals surface area contributed by atoms with Crippen molar-refractivity contribution in [1.29, 1.82) is 0 Å². The molecule has 3 rings (SSSR count). The molecule has 1 aliphatic heterocycles. The Morgan fingerprint density at radius 3 is 2.45 bits per heavy atom. The van der Waals surface area contributed by atoms with E-state index in [0.29, 0.717) is 10.9 Å². The number of halogens is 2. The Balaban J connectivity index is 0.00000176. The normalized spacial score (nSPS) is 21.9. The lowest BCUT2D eigenvalue weighted by molar-refractivity contribution is 0.0903. The number of rotatable bonds is 3. The first-order valence-electron chi connectivity index (χ1n) is 7.39. The van der Waals surface area contributed by atoms with Crippen LogP contribution in [0.4, 0.5) is 0 Å². The molecule has 0 aromatic heterocycles. The topological polar surface area (TPSA) is 12.5 Å². The van der Waals surface area contributed by atoms with Gasteiger partial charge in [-0.05, 0) is 31.2 Å². The smallest absolute Gasteiger partial charge is 0.138 e. The van der Waals surface area contributed by atoms with Crippen LogP contribution in [-0.2, 0) is 0 Å². The minimum Gasteiger partial charge on any atom is -0.488 e. The fraction of sp³-hybridized carbons (Fsp3) is 0.333. The lowest BCUT2D eigenvalue weighted by Crippen LogP contribution is -2.42. The fourth-order valence-electron chi connectivity index (χ4n) is 2.96. The van der Waals surface area contributed by atoms with Gasteiger partial charge in [0, 0.05) is 19.0 Å². The van der Waals surface area contributed by atoms with E-state index in [4.69, 9.17) is 16.3 Å². The van der Waals surface area contributed by atoms with Crippen LogP contribution in [0.25, 0.3) is 0 Å². The molecule has 2 aromatic carbocycles. The quantitative estimate of drug-likeness (QED) is 0.809. The molecule has 1 heterocycles. The van der Waals surface area contributed by atoms with Crippen LogP contribution in [0, 0.1) is 0 Å². The van der Waals surface area contributed by atoms with Gasteiger partial charge < -0.3 is 9.64 Å². The maximum Gasteiger partial charge on any atom is 0.138 e. The second kappa shape index (κ2) is 7.87. The molecule has 4 heteroatoms. The molecule has 0 amide bonds. The summed E-state index contributed by atoms with van der Waals surface area (Å²) in [6.07, 6.45) is 1.19. The highest BCUT2D eigenvalue weighted by atomic mass is 35.5. The van der Waals surface area contributed by atoms with E-state index in [1.54, 1.807) is 0 Å². The summed E-state index contributed by atoms with van der Waals surface area (Å²) in [4.78, 5) is 2.37. The van der Waals surface area contributed by atoms with Crippen LogP contribution in [0.3, 0.4) is 0 Å². The Morgan fingerprint density at radius 1 is 1.05 bits per heavy atom. The Labute approximate surface area is 143 Å². The van der Waals surface area contributed by atoms with Crippen molar-refractivity contribution in [2.24, 2.45) is 0 Å². The van der Waals surface area contributed by atoms with Crippen LogP contribution < -0.4 is 4.74 Å². The van der Waals surface area contributed by atoms with Crippen LogP contribution in [0.15, 0.2) is 54.6 Å². The zero-order valence-corrected chi connectivity index (χ0v) is 14.2. The molecule has 1 fully saturated rings. The number of hydrogen-bond acceptors (Lipinski definition) is 2. The van der Waals surface area contributed by atoms with E-state index in [1.165, 1.54) is 5.56 Å². The van der Waals surface area contributed by atoms with E-state index in [1.807, 2.05) is 24.3 Å². The summed E-state index contributed by atoms with van der Waals surface area (Å²) in [5, 5.41) is 0.684. The maximum absolute atomic E-state index is 6.24. The molecule has 2 atom stereocenters. The highest BCUT2D eigenvalue weighted by Crippen LogP contribution is 2.32. The third-order valence-electron chi connectivity index (χ3n) is 4.10. The van der Waals surface area contributed by atoms with Gasteiger partial charge in [0.15, 0.2) is 0 Å². The highest BCUT2D eigenvalue weighted by Gasteiger charge is 2.30. The van der Waals surface area contributed by atoms with E-state index in [9.17, 15) is 0 Å². The van der Waals surface area contributed by atoms with Gasteiger partial charge >= 0.3 is 0 Å². The first kappa shape index (κ1) is 17.1. The van der Waals surface area contributed by atoms with E-state index in [-0.39, 0.29) is 18.5 Å². The molecule has 0 spiro atoms. The number of likely N-dealkylation sites (N-methyl/N-ethyl adjacent to an activating group) is 1.